The molecule has 4 nitrogen and oxygen atoms in total. The number of nitrogens with one attached hydrogen (secondary N) is 2. The van der Waals surface area contributed by atoms with Crippen LogP contribution in [0.2, 0.25) is 0 Å². The van der Waals surface area contributed by atoms with Crippen LogP contribution in [0.3, 0.4) is 0 Å². The smallest absolute Gasteiger partial charge is 0.350 e. The van der Waals surface area contributed by atoms with E-state index >= 15 is 0 Å². The summed E-state index contributed by atoms with van der Waals surface area (Å²) >= 11 is 0. The summed E-state index contributed by atoms with van der Waals surface area (Å²) in [5.41, 5.74) is 0.0711. The Labute approximate surface area is 108 Å². The van der Waals surface area contributed by atoms with E-state index < -0.39 is 11.9 Å². The van der Waals surface area contributed by atoms with Crippen molar-refractivity contribution < 1.29 is 13.2 Å². The Morgan fingerprint density at radius 2 is 2.05 bits per heavy atom. The number of nitrogens with zero attached hydrogens (tertiary/aromatic N) is 2. The second kappa shape index (κ2) is 4.63. The van der Waals surface area contributed by atoms with Gasteiger partial charge in [0.2, 0.25) is 5.95 Å². The van der Waals surface area contributed by atoms with Gasteiger partial charge < -0.3 is 10.6 Å². The van der Waals surface area contributed by atoms with Crippen molar-refractivity contribution in [3.8, 4) is 0 Å². The van der Waals surface area contributed by atoms with Gasteiger partial charge in [0.05, 0.1) is 0 Å². The van der Waals surface area contributed by atoms with Crippen LogP contribution >= 0.6 is 0 Å². The summed E-state index contributed by atoms with van der Waals surface area (Å²) in [6.45, 7) is 1.61. The number of halogens is 3. The fourth-order valence-corrected chi connectivity index (χ4v) is 2.69. The molecular weight excluding hydrogens is 257 g/mol. The lowest BCUT2D eigenvalue weighted by atomic mass is 10.1. The zero-order valence-electron chi connectivity index (χ0n) is 10.3. The van der Waals surface area contributed by atoms with Crippen LogP contribution in [0, 0.1) is 0 Å². The first-order valence-electron chi connectivity index (χ1n) is 6.48. The van der Waals surface area contributed by atoms with Gasteiger partial charge in [-0.3, -0.25) is 0 Å². The lowest BCUT2D eigenvalue weighted by Crippen LogP contribution is -2.25. The van der Waals surface area contributed by atoms with Crippen molar-refractivity contribution >= 4 is 5.95 Å². The maximum atomic E-state index is 13.0. The van der Waals surface area contributed by atoms with Gasteiger partial charge >= 0.3 is 6.18 Å². The van der Waals surface area contributed by atoms with Crippen LogP contribution in [-0.4, -0.2) is 29.1 Å². The summed E-state index contributed by atoms with van der Waals surface area (Å²) in [6, 6.07) is 0.112. The average Bonchev–Trinajstić information content (AvgIpc) is 2.96. The van der Waals surface area contributed by atoms with Gasteiger partial charge in [0.1, 0.15) is 0 Å². The Balaban J connectivity index is 1.93. The van der Waals surface area contributed by atoms with Crippen molar-refractivity contribution in [2.45, 2.75) is 37.9 Å². The molecule has 1 saturated heterocycles. The van der Waals surface area contributed by atoms with Crippen LogP contribution in [0.5, 0.6) is 0 Å². The maximum Gasteiger partial charge on any atom is 0.433 e. The van der Waals surface area contributed by atoms with Gasteiger partial charge in [-0.25, -0.2) is 9.97 Å². The van der Waals surface area contributed by atoms with Crippen molar-refractivity contribution in [2.75, 3.05) is 18.4 Å². The molecule has 3 rings (SSSR count). The molecule has 1 fully saturated rings. The zero-order valence-corrected chi connectivity index (χ0v) is 10.3. The number of fused-ring (bicyclic) bond motifs is 1. The molecule has 1 aliphatic heterocycles. The molecule has 0 spiro atoms. The normalized spacial score (nSPS) is 22.6. The number of aryl methyl sites for hydroxylation is 1. The molecule has 1 aliphatic carbocycles. The standard InChI is InChI=1S/C12H15F3N4/c13-12(14,15)10-8-2-1-3-9(8)18-11(19-10)17-7-4-5-16-6-7/h7,16H,1-6H2,(H,17,18,19). The van der Waals surface area contributed by atoms with Gasteiger partial charge in [0, 0.05) is 23.8 Å². The lowest BCUT2D eigenvalue weighted by molar-refractivity contribution is -0.141. The molecule has 0 aromatic carbocycles. The molecule has 1 unspecified atom stereocenters. The molecule has 0 amide bonds. The van der Waals surface area contributed by atoms with Crippen molar-refractivity contribution in [1.82, 2.24) is 15.3 Å². The highest BCUT2D eigenvalue weighted by atomic mass is 19.4. The van der Waals surface area contributed by atoms with E-state index in [0.717, 1.165) is 25.9 Å². The second-order valence-corrected chi connectivity index (χ2v) is 5.01. The molecule has 2 N–H and O–H groups in total. The monoisotopic (exact) mass is 272 g/mol. The van der Waals surface area contributed by atoms with Gasteiger partial charge in [-0.2, -0.15) is 13.2 Å². The minimum atomic E-state index is -4.40. The van der Waals surface area contributed by atoms with E-state index in [1.165, 1.54) is 0 Å². The number of hydrogen-bond acceptors (Lipinski definition) is 4. The number of alkyl halides is 3. The first-order valence-corrected chi connectivity index (χ1v) is 6.48. The van der Waals surface area contributed by atoms with Crippen LogP contribution in [0.15, 0.2) is 0 Å². The quantitative estimate of drug-likeness (QED) is 0.861. The van der Waals surface area contributed by atoms with E-state index in [-0.39, 0.29) is 17.6 Å². The third kappa shape index (κ3) is 2.51. The minimum Gasteiger partial charge on any atom is -0.350 e. The van der Waals surface area contributed by atoms with Crippen LogP contribution in [0.1, 0.15) is 29.8 Å². The Hall–Kier alpha value is -1.37. The Morgan fingerprint density at radius 1 is 1.21 bits per heavy atom. The molecule has 1 aromatic heterocycles. The summed E-state index contributed by atoms with van der Waals surface area (Å²) in [4.78, 5) is 7.95. The van der Waals surface area contributed by atoms with Crippen LogP contribution in [0.4, 0.5) is 19.1 Å². The molecule has 0 radical (unpaired) electrons. The number of rotatable bonds is 2. The third-order valence-corrected chi connectivity index (χ3v) is 3.60. The predicted octanol–water partition coefficient (Wildman–Crippen LogP) is 1.76. The van der Waals surface area contributed by atoms with E-state index in [1.807, 2.05) is 0 Å². The molecule has 7 heteroatoms. The molecule has 0 bridgehead atoms. The highest BCUT2D eigenvalue weighted by Crippen LogP contribution is 2.35. The first-order chi connectivity index (χ1) is 9.04. The van der Waals surface area contributed by atoms with Crippen LogP contribution < -0.4 is 10.6 Å². The van der Waals surface area contributed by atoms with Gasteiger partial charge in [-0.05, 0) is 32.2 Å². The highest BCUT2D eigenvalue weighted by molar-refractivity contribution is 5.39. The van der Waals surface area contributed by atoms with E-state index in [4.69, 9.17) is 0 Å². The van der Waals surface area contributed by atoms with Crippen molar-refractivity contribution in [2.24, 2.45) is 0 Å². The van der Waals surface area contributed by atoms with Crippen molar-refractivity contribution in [1.29, 1.82) is 0 Å². The van der Waals surface area contributed by atoms with E-state index in [0.29, 0.717) is 18.5 Å². The predicted molar refractivity (Wildman–Crippen MR) is 64.0 cm³/mol. The molecule has 0 saturated carbocycles. The Bertz CT molecular complexity index is 481. The zero-order chi connectivity index (χ0) is 13.5. The highest BCUT2D eigenvalue weighted by Gasteiger charge is 2.38. The molecular formula is C12H15F3N4. The van der Waals surface area contributed by atoms with E-state index in [1.54, 1.807) is 0 Å². The van der Waals surface area contributed by atoms with Crippen molar-refractivity contribution in [3.05, 3.63) is 17.0 Å². The van der Waals surface area contributed by atoms with Gasteiger partial charge in [0.15, 0.2) is 5.69 Å². The molecule has 1 aromatic rings. The van der Waals surface area contributed by atoms with Crippen LogP contribution in [-0.2, 0) is 19.0 Å². The van der Waals surface area contributed by atoms with Crippen molar-refractivity contribution in [3.63, 3.8) is 0 Å². The molecule has 104 valence electrons. The maximum absolute atomic E-state index is 13.0. The van der Waals surface area contributed by atoms with Crippen LogP contribution in [0.25, 0.3) is 0 Å². The largest absolute Gasteiger partial charge is 0.433 e. The summed E-state index contributed by atoms with van der Waals surface area (Å²) in [5.74, 6) is 0.113. The average molecular weight is 272 g/mol. The van der Waals surface area contributed by atoms with Gasteiger partial charge in [-0.1, -0.05) is 0 Å². The van der Waals surface area contributed by atoms with E-state index in [2.05, 4.69) is 20.6 Å². The summed E-state index contributed by atoms with van der Waals surface area (Å²) in [7, 11) is 0. The van der Waals surface area contributed by atoms with Gasteiger partial charge in [-0.15, -0.1) is 0 Å². The summed E-state index contributed by atoms with van der Waals surface area (Å²) < 4.78 is 39.0. The fraction of sp³-hybridized carbons (Fsp3) is 0.667. The molecule has 2 aliphatic rings. The molecule has 19 heavy (non-hydrogen) atoms. The number of hydrogen-bond donors (Lipinski definition) is 2. The number of aromatic nitrogens is 2. The first kappa shape index (κ1) is 12.7. The Kier molecular flexibility index (Phi) is 3.08. The van der Waals surface area contributed by atoms with E-state index in [9.17, 15) is 13.2 Å². The lowest BCUT2D eigenvalue weighted by Gasteiger charge is -2.16. The van der Waals surface area contributed by atoms with Gasteiger partial charge in [0.25, 0.3) is 0 Å². The topological polar surface area (TPSA) is 49.8 Å². The third-order valence-electron chi connectivity index (χ3n) is 3.60. The Morgan fingerprint density at radius 3 is 2.74 bits per heavy atom. The summed E-state index contributed by atoms with van der Waals surface area (Å²) in [6.07, 6.45) is -1.76. The minimum absolute atomic E-state index is 0.112. The molecule has 1 atom stereocenters. The fourth-order valence-electron chi connectivity index (χ4n) is 2.69. The second-order valence-electron chi connectivity index (χ2n) is 5.01. The molecule has 2 heterocycles. The SMILES string of the molecule is FC(F)(F)c1nc(NC2CCNC2)nc2c1CCC2. The number of anilines is 1. The summed E-state index contributed by atoms with van der Waals surface area (Å²) in [5, 5.41) is 6.15.